The number of ether oxygens (including phenoxy) is 1. The van der Waals surface area contributed by atoms with E-state index in [9.17, 15) is 14.9 Å². The summed E-state index contributed by atoms with van der Waals surface area (Å²) in [6, 6.07) is 3.11. The van der Waals surface area contributed by atoms with Crippen LogP contribution in [0.1, 0.15) is 24.2 Å². The van der Waals surface area contributed by atoms with Gasteiger partial charge in [0.1, 0.15) is 5.69 Å². The number of nitrogens with zero attached hydrogens (tertiary/aromatic N) is 3. The molecule has 2 aliphatic heterocycles. The van der Waals surface area contributed by atoms with E-state index in [1.807, 2.05) is 7.05 Å². The average Bonchev–Trinajstić information content (AvgIpc) is 2.87. The number of nitro groups is 1. The molecule has 0 spiro atoms. The highest BCUT2D eigenvalue weighted by atomic mass is 79.9. The zero-order valence-electron chi connectivity index (χ0n) is 15.8. The van der Waals surface area contributed by atoms with E-state index in [1.54, 1.807) is 11.0 Å². The van der Waals surface area contributed by atoms with E-state index < -0.39 is 4.92 Å². The monoisotopic (exact) mass is 440 g/mol. The average molecular weight is 441 g/mol. The number of likely N-dealkylation sites (N-methyl/N-ethyl adjacent to an activating group) is 1. The van der Waals surface area contributed by atoms with Gasteiger partial charge >= 0.3 is 0 Å². The highest BCUT2D eigenvalue weighted by Crippen LogP contribution is 2.38. The highest BCUT2D eigenvalue weighted by Gasteiger charge is 2.39. The normalized spacial score (nSPS) is 22.7. The van der Waals surface area contributed by atoms with Crippen LogP contribution < -0.4 is 5.32 Å². The number of hydrogen-bond donors (Lipinski definition) is 1. The van der Waals surface area contributed by atoms with Crippen molar-refractivity contribution in [1.82, 2.24) is 9.80 Å². The smallest absolute Gasteiger partial charge is 0.294 e. The number of anilines is 1. The van der Waals surface area contributed by atoms with Crippen molar-refractivity contribution >= 4 is 33.2 Å². The van der Waals surface area contributed by atoms with Crippen LogP contribution in [0.25, 0.3) is 0 Å². The molecule has 0 bridgehead atoms. The van der Waals surface area contributed by atoms with Gasteiger partial charge < -0.3 is 19.9 Å². The minimum absolute atomic E-state index is 0.00128. The Morgan fingerprint density at radius 1 is 1.37 bits per heavy atom. The third-order valence-electron chi connectivity index (χ3n) is 5.24. The Balaban J connectivity index is 2.01. The summed E-state index contributed by atoms with van der Waals surface area (Å²) >= 11 is 3.32. The van der Waals surface area contributed by atoms with E-state index in [1.165, 1.54) is 6.07 Å². The fourth-order valence-electron chi connectivity index (χ4n) is 3.84. The minimum atomic E-state index is -0.436. The van der Waals surface area contributed by atoms with Crippen LogP contribution in [0.4, 0.5) is 11.4 Å². The Hall–Kier alpha value is -1.71. The van der Waals surface area contributed by atoms with Crippen LogP contribution in [0.15, 0.2) is 16.6 Å². The molecule has 8 nitrogen and oxygen atoms in total. The predicted molar refractivity (Wildman–Crippen MR) is 106 cm³/mol. The summed E-state index contributed by atoms with van der Waals surface area (Å²) in [6.07, 6.45) is 0. The molecule has 2 aliphatic rings. The van der Waals surface area contributed by atoms with Crippen molar-refractivity contribution in [3.05, 3.63) is 32.3 Å². The Kier molecular flexibility index (Phi) is 5.73. The van der Waals surface area contributed by atoms with Crippen LogP contribution >= 0.6 is 15.9 Å². The van der Waals surface area contributed by atoms with Crippen LogP contribution in [-0.2, 0) is 4.74 Å². The van der Waals surface area contributed by atoms with Crippen molar-refractivity contribution in [3.63, 3.8) is 0 Å². The molecule has 2 heterocycles. The molecule has 1 aromatic carbocycles. The molecule has 9 heteroatoms. The molecule has 1 atom stereocenters. The quantitative estimate of drug-likeness (QED) is 0.571. The largest absolute Gasteiger partial charge is 0.378 e. The fourth-order valence-corrected chi connectivity index (χ4v) is 4.28. The number of benzene rings is 1. The second kappa shape index (κ2) is 7.73. The topological polar surface area (TPSA) is 88.0 Å². The molecule has 3 rings (SSSR count). The first-order chi connectivity index (χ1) is 12.7. The molecule has 1 N–H and O–H groups in total. The molecule has 148 valence electrons. The lowest BCUT2D eigenvalue weighted by Crippen LogP contribution is -2.41. The number of nitrogens with one attached hydrogen (secondary N) is 1. The van der Waals surface area contributed by atoms with Crippen molar-refractivity contribution in [2.75, 3.05) is 51.8 Å². The number of rotatable bonds is 4. The summed E-state index contributed by atoms with van der Waals surface area (Å²) in [5.41, 5.74) is 0.456. The van der Waals surface area contributed by atoms with Gasteiger partial charge in [-0.2, -0.15) is 0 Å². The van der Waals surface area contributed by atoms with Crippen molar-refractivity contribution in [1.29, 1.82) is 0 Å². The number of morpholine rings is 1. The Labute approximate surface area is 167 Å². The number of carbonyl (C=O) groups excluding carboxylic acids is 1. The lowest BCUT2D eigenvalue weighted by atomic mass is 9.87. The van der Waals surface area contributed by atoms with Crippen molar-refractivity contribution in [2.24, 2.45) is 5.41 Å². The van der Waals surface area contributed by atoms with E-state index in [0.29, 0.717) is 42.0 Å². The van der Waals surface area contributed by atoms with E-state index in [4.69, 9.17) is 4.74 Å². The zero-order valence-corrected chi connectivity index (χ0v) is 17.4. The standard InChI is InChI=1S/C18H25BrN4O4/c1-18(2)11-21(3)10-15(18)20-16-13(8-12(19)9-14(16)23(25)26)17(24)22-4-6-27-7-5-22/h8-9,15,20H,4-7,10-11H2,1-3H3. The second-order valence-corrected chi connectivity index (χ2v) is 8.81. The lowest BCUT2D eigenvalue weighted by Gasteiger charge is -2.30. The van der Waals surface area contributed by atoms with Crippen molar-refractivity contribution < 1.29 is 14.5 Å². The van der Waals surface area contributed by atoms with Gasteiger partial charge in [-0.15, -0.1) is 0 Å². The summed E-state index contributed by atoms with van der Waals surface area (Å²) in [7, 11) is 2.03. The molecule has 1 unspecified atom stereocenters. The maximum absolute atomic E-state index is 13.1. The maximum Gasteiger partial charge on any atom is 0.294 e. The van der Waals surface area contributed by atoms with Gasteiger partial charge in [-0.1, -0.05) is 29.8 Å². The van der Waals surface area contributed by atoms with Gasteiger partial charge in [-0.25, -0.2) is 0 Å². The summed E-state index contributed by atoms with van der Waals surface area (Å²) < 4.78 is 5.83. The molecule has 27 heavy (non-hydrogen) atoms. The van der Waals surface area contributed by atoms with Crippen molar-refractivity contribution in [2.45, 2.75) is 19.9 Å². The fraction of sp³-hybridized carbons (Fsp3) is 0.611. The molecule has 2 saturated heterocycles. The summed E-state index contributed by atoms with van der Waals surface area (Å²) in [6.45, 7) is 7.81. The first-order valence-electron chi connectivity index (χ1n) is 8.99. The molecular weight excluding hydrogens is 416 g/mol. The van der Waals surface area contributed by atoms with Gasteiger partial charge in [-0.05, 0) is 18.5 Å². The van der Waals surface area contributed by atoms with E-state index >= 15 is 0 Å². The van der Waals surface area contributed by atoms with Crippen molar-refractivity contribution in [3.8, 4) is 0 Å². The number of likely N-dealkylation sites (tertiary alicyclic amines) is 1. The molecule has 0 aromatic heterocycles. The number of nitro benzene ring substituents is 1. The van der Waals surface area contributed by atoms with Gasteiger partial charge in [0.25, 0.3) is 11.6 Å². The molecule has 1 aromatic rings. The van der Waals surface area contributed by atoms with Gasteiger partial charge in [0, 0.05) is 42.8 Å². The predicted octanol–water partition coefficient (Wildman–Crippen LogP) is 2.58. The molecule has 0 radical (unpaired) electrons. The van der Waals surface area contributed by atoms with Gasteiger partial charge in [0.2, 0.25) is 0 Å². The number of amides is 1. The zero-order chi connectivity index (χ0) is 19.8. The highest BCUT2D eigenvalue weighted by molar-refractivity contribution is 9.10. The Morgan fingerprint density at radius 3 is 2.59 bits per heavy atom. The third kappa shape index (κ3) is 4.25. The number of hydrogen-bond acceptors (Lipinski definition) is 6. The number of carbonyl (C=O) groups is 1. The van der Waals surface area contributed by atoms with Crippen LogP contribution in [0, 0.1) is 15.5 Å². The summed E-state index contributed by atoms with van der Waals surface area (Å²) in [4.78, 5) is 28.3. The number of halogens is 1. The first-order valence-corrected chi connectivity index (χ1v) is 9.78. The molecule has 0 aliphatic carbocycles. The van der Waals surface area contributed by atoms with Crippen LogP contribution in [-0.4, -0.2) is 73.1 Å². The molecule has 2 fully saturated rings. The van der Waals surface area contributed by atoms with E-state index in [0.717, 1.165) is 13.1 Å². The molecule has 0 saturated carbocycles. The first kappa shape index (κ1) is 20.0. The summed E-state index contributed by atoms with van der Waals surface area (Å²) in [5, 5.41) is 15.1. The molecule has 1 amide bonds. The minimum Gasteiger partial charge on any atom is -0.378 e. The van der Waals surface area contributed by atoms with Gasteiger partial charge in [0.05, 0.1) is 23.7 Å². The van der Waals surface area contributed by atoms with E-state index in [2.05, 4.69) is 40.0 Å². The molecular formula is C18H25BrN4O4. The lowest BCUT2D eigenvalue weighted by molar-refractivity contribution is -0.384. The van der Waals surface area contributed by atoms with Gasteiger partial charge in [-0.3, -0.25) is 14.9 Å². The second-order valence-electron chi connectivity index (χ2n) is 7.89. The van der Waals surface area contributed by atoms with Crippen LogP contribution in [0.2, 0.25) is 0 Å². The van der Waals surface area contributed by atoms with Crippen LogP contribution in [0.3, 0.4) is 0 Å². The maximum atomic E-state index is 13.1. The Morgan fingerprint density at radius 2 is 2.04 bits per heavy atom. The summed E-state index contributed by atoms with van der Waals surface area (Å²) in [5.74, 6) is -0.214. The Bertz CT molecular complexity index is 749. The SMILES string of the molecule is CN1CC(Nc2c(C(=O)N3CCOCC3)cc(Br)cc2[N+](=O)[O-])C(C)(C)C1. The van der Waals surface area contributed by atoms with Crippen LogP contribution in [0.5, 0.6) is 0 Å². The third-order valence-corrected chi connectivity index (χ3v) is 5.70. The van der Waals surface area contributed by atoms with E-state index in [-0.39, 0.29) is 23.1 Å². The van der Waals surface area contributed by atoms with Gasteiger partial charge in [0.15, 0.2) is 0 Å².